The number of hydrogen-bond acceptors (Lipinski definition) is 4. The quantitative estimate of drug-likeness (QED) is 0.767. The average Bonchev–Trinajstić information content (AvgIpc) is 2.42. The molecule has 5 heteroatoms. The predicted molar refractivity (Wildman–Crippen MR) is 96.9 cm³/mol. The third kappa shape index (κ3) is 7.79. The van der Waals surface area contributed by atoms with Gasteiger partial charge in [-0.15, -0.1) is 0 Å². The van der Waals surface area contributed by atoms with Crippen LogP contribution in [0.25, 0.3) is 0 Å². The van der Waals surface area contributed by atoms with Gasteiger partial charge in [0, 0.05) is 12.1 Å². The van der Waals surface area contributed by atoms with E-state index in [9.17, 15) is 9.90 Å². The van der Waals surface area contributed by atoms with Crippen LogP contribution < -0.4 is 10.6 Å². The highest BCUT2D eigenvalue weighted by Crippen LogP contribution is 2.19. The van der Waals surface area contributed by atoms with Crippen molar-refractivity contribution in [2.75, 3.05) is 6.54 Å². The SMILES string of the molecule is C[C@H](NC(=O)OC(C)(C)C)c1ccc([C@@H](O)CNC(C)(C)C)cc1. The van der Waals surface area contributed by atoms with E-state index in [0.717, 1.165) is 11.1 Å². The molecule has 0 radical (unpaired) electrons. The van der Waals surface area contributed by atoms with Gasteiger partial charge in [0.2, 0.25) is 0 Å². The standard InChI is InChI=1S/C19H32N2O3/c1-13(21-17(23)24-19(5,6)7)14-8-10-15(11-9-14)16(22)12-20-18(2,3)4/h8-11,13,16,20,22H,12H2,1-7H3,(H,21,23)/t13-,16-/m0/s1. The van der Waals surface area contributed by atoms with Gasteiger partial charge < -0.3 is 20.5 Å². The summed E-state index contributed by atoms with van der Waals surface area (Å²) in [6.45, 7) is 14.1. The van der Waals surface area contributed by atoms with E-state index in [1.165, 1.54) is 0 Å². The van der Waals surface area contributed by atoms with E-state index in [-0.39, 0.29) is 11.6 Å². The van der Waals surface area contributed by atoms with Crippen molar-refractivity contribution in [1.82, 2.24) is 10.6 Å². The van der Waals surface area contributed by atoms with Crippen molar-refractivity contribution in [1.29, 1.82) is 0 Å². The van der Waals surface area contributed by atoms with Crippen molar-refractivity contribution in [2.45, 2.75) is 71.8 Å². The van der Waals surface area contributed by atoms with Crippen LogP contribution in [0.3, 0.4) is 0 Å². The largest absolute Gasteiger partial charge is 0.444 e. The monoisotopic (exact) mass is 336 g/mol. The van der Waals surface area contributed by atoms with Crippen molar-refractivity contribution >= 4 is 6.09 Å². The highest BCUT2D eigenvalue weighted by Gasteiger charge is 2.19. The van der Waals surface area contributed by atoms with Gasteiger partial charge in [-0.1, -0.05) is 24.3 Å². The number of aliphatic hydroxyl groups is 1. The molecule has 0 saturated carbocycles. The number of aliphatic hydroxyl groups excluding tert-OH is 1. The third-order valence-electron chi connectivity index (χ3n) is 3.38. The lowest BCUT2D eigenvalue weighted by atomic mass is 10.0. The molecule has 5 nitrogen and oxygen atoms in total. The molecule has 136 valence electrons. The molecule has 1 amide bonds. The summed E-state index contributed by atoms with van der Waals surface area (Å²) in [6.07, 6.45) is -0.999. The molecule has 0 aromatic heterocycles. The summed E-state index contributed by atoms with van der Waals surface area (Å²) >= 11 is 0. The highest BCUT2D eigenvalue weighted by atomic mass is 16.6. The Balaban J connectivity index is 2.61. The van der Waals surface area contributed by atoms with Gasteiger partial charge in [-0.25, -0.2) is 4.79 Å². The molecule has 3 N–H and O–H groups in total. The first-order valence-electron chi connectivity index (χ1n) is 8.40. The number of β-amino-alcohol motifs (C(OH)–C–C–N with tert-alkyl or cyclic N) is 1. The molecule has 0 spiro atoms. The highest BCUT2D eigenvalue weighted by molar-refractivity contribution is 5.68. The van der Waals surface area contributed by atoms with Gasteiger partial charge in [0.1, 0.15) is 5.60 Å². The van der Waals surface area contributed by atoms with Crippen LogP contribution in [0.5, 0.6) is 0 Å². The first-order valence-corrected chi connectivity index (χ1v) is 8.40. The zero-order valence-electron chi connectivity index (χ0n) is 15.9. The Bertz CT molecular complexity index is 527. The van der Waals surface area contributed by atoms with E-state index < -0.39 is 17.8 Å². The molecule has 0 saturated heterocycles. The third-order valence-corrected chi connectivity index (χ3v) is 3.38. The van der Waals surface area contributed by atoms with Crippen molar-refractivity contribution in [3.63, 3.8) is 0 Å². The van der Waals surface area contributed by atoms with E-state index in [0.29, 0.717) is 6.54 Å². The van der Waals surface area contributed by atoms with Crippen LogP contribution in [0.2, 0.25) is 0 Å². The first-order chi connectivity index (χ1) is 10.9. The summed E-state index contributed by atoms with van der Waals surface area (Å²) in [7, 11) is 0. The fourth-order valence-electron chi connectivity index (χ4n) is 2.10. The lowest BCUT2D eigenvalue weighted by molar-refractivity contribution is 0.0508. The van der Waals surface area contributed by atoms with Gasteiger partial charge in [-0.2, -0.15) is 0 Å². The number of carbonyl (C=O) groups excluding carboxylic acids is 1. The molecule has 24 heavy (non-hydrogen) atoms. The van der Waals surface area contributed by atoms with Crippen molar-refractivity contribution in [2.24, 2.45) is 0 Å². The number of benzene rings is 1. The summed E-state index contributed by atoms with van der Waals surface area (Å²) in [5.41, 5.74) is 1.26. The van der Waals surface area contributed by atoms with Crippen LogP contribution in [0.4, 0.5) is 4.79 Å². The normalized spacial score (nSPS) is 14.8. The maximum Gasteiger partial charge on any atom is 0.408 e. The maximum atomic E-state index is 11.8. The Morgan fingerprint density at radius 3 is 2.04 bits per heavy atom. The van der Waals surface area contributed by atoms with E-state index >= 15 is 0 Å². The second-order valence-electron chi connectivity index (χ2n) is 8.18. The summed E-state index contributed by atoms with van der Waals surface area (Å²) in [4.78, 5) is 11.8. The molecule has 0 aliphatic rings. The number of rotatable bonds is 5. The summed E-state index contributed by atoms with van der Waals surface area (Å²) in [5, 5.41) is 16.3. The predicted octanol–water partition coefficient (Wildman–Crippen LogP) is 3.69. The fraction of sp³-hybridized carbons (Fsp3) is 0.632. The Kier molecular flexibility index (Phi) is 6.81. The number of alkyl carbamates (subject to hydrolysis) is 1. The van der Waals surface area contributed by atoms with Crippen LogP contribution in [0.15, 0.2) is 24.3 Å². The molecule has 1 rings (SSSR count). The molecule has 0 unspecified atom stereocenters. The Hall–Kier alpha value is -1.59. The molecule has 0 fully saturated rings. The van der Waals surface area contributed by atoms with E-state index in [4.69, 9.17) is 4.74 Å². The summed E-state index contributed by atoms with van der Waals surface area (Å²) in [5.74, 6) is 0. The Morgan fingerprint density at radius 1 is 1.08 bits per heavy atom. The number of nitrogens with one attached hydrogen (secondary N) is 2. The molecule has 0 bridgehead atoms. The van der Waals surface area contributed by atoms with Crippen LogP contribution in [-0.4, -0.2) is 28.9 Å². The lowest BCUT2D eigenvalue weighted by Crippen LogP contribution is -2.38. The second-order valence-corrected chi connectivity index (χ2v) is 8.18. The number of ether oxygens (including phenoxy) is 1. The van der Waals surface area contributed by atoms with Crippen LogP contribution in [-0.2, 0) is 4.74 Å². The maximum absolute atomic E-state index is 11.8. The zero-order valence-corrected chi connectivity index (χ0v) is 15.9. The van der Waals surface area contributed by atoms with Crippen molar-refractivity contribution in [3.05, 3.63) is 35.4 Å². The fourth-order valence-corrected chi connectivity index (χ4v) is 2.10. The lowest BCUT2D eigenvalue weighted by Gasteiger charge is -2.23. The molecular weight excluding hydrogens is 304 g/mol. The zero-order chi connectivity index (χ0) is 18.5. The minimum atomic E-state index is -0.563. The second kappa shape index (κ2) is 7.99. The van der Waals surface area contributed by atoms with Gasteiger partial charge >= 0.3 is 6.09 Å². The van der Waals surface area contributed by atoms with Gasteiger partial charge in [0.15, 0.2) is 0 Å². The van der Waals surface area contributed by atoms with Crippen molar-refractivity contribution < 1.29 is 14.6 Å². The number of amides is 1. The topological polar surface area (TPSA) is 70.6 Å². The molecule has 1 aromatic carbocycles. The van der Waals surface area contributed by atoms with Crippen LogP contribution >= 0.6 is 0 Å². The molecule has 0 aliphatic heterocycles. The van der Waals surface area contributed by atoms with Crippen LogP contribution in [0, 0.1) is 0 Å². The molecule has 0 heterocycles. The molecule has 2 atom stereocenters. The molecular formula is C19H32N2O3. The smallest absolute Gasteiger partial charge is 0.408 e. The summed E-state index contributed by atoms with van der Waals surface area (Å²) in [6, 6.07) is 7.43. The minimum Gasteiger partial charge on any atom is -0.444 e. The Labute approximate surface area is 145 Å². The number of hydrogen-bond donors (Lipinski definition) is 3. The number of carbonyl (C=O) groups is 1. The van der Waals surface area contributed by atoms with Gasteiger partial charge in [0.25, 0.3) is 0 Å². The Morgan fingerprint density at radius 2 is 1.58 bits per heavy atom. The van der Waals surface area contributed by atoms with Crippen molar-refractivity contribution in [3.8, 4) is 0 Å². The van der Waals surface area contributed by atoms with Gasteiger partial charge in [-0.3, -0.25) is 0 Å². The average molecular weight is 336 g/mol. The van der Waals surface area contributed by atoms with Gasteiger partial charge in [-0.05, 0) is 59.6 Å². The van der Waals surface area contributed by atoms with E-state index in [2.05, 4.69) is 31.4 Å². The van der Waals surface area contributed by atoms with Gasteiger partial charge in [0.05, 0.1) is 12.1 Å². The first kappa shape index (κ1) is 20.5. The molecule has 0 aliphatic carbocycles. The molecule has 1 aromatic rings. The minimum absolute atomic E-state index is 0.0349. The summed E-state index contributed by atoms with van der Waals surface area (Å²) < 4.78 is 5.26. The van der Waals surface area contributed by atoms with E-state index in [1.807, 2.05) is 52.0 Å². The van der Waals surface area contributed by atoms with Crippen LogP contribution in [0.1, 0.15) is 71.7 Å². The van der Waals surface area contributed by atoms with E-state index in [1.54, 1.807) is 0 Å².